The molecule has 0 bridgehead atoms. The van der Waals surface area contributed by atoms with E-state index in [1.807, 2.05) is 6.07 Å². The first-order chi connectivity index (χ1) is 13.1. The molecule has 5 heteroatoms. The largest absolute Gasteiger partial charge is 0.309 e. The standard InChI is InChI=1S/C22H27N3OS/c1-14-10-11-17-18(13-14)27-22-19(17)21(26)24-20(25-22)15(2)23-12-6-9-16-7-4-3-5-8-16/h3-5,7-8,14-15,23H,6,9-13H2,1-2H3,(H,24,25,26)/t14-,15+/m1/s1. The summed E-state index contributed by atoms with van der Waals surface area (Å²) >= 11 is 1.72. The summed E-state index contributed by atoms with van der Waals surface area (Å²) in [7, 11) is 0. The van der Waals surface area contributed by atoms with Gasteiger partial charge in [0.1, 0.15) is 10.7 Å². The number of hydrogen-bond acceptors (Lipinski definition) is 4. The third kappa shape index (κ3) is 3.99. The van der Waals surface area contributed by atoms with Crippen molar-refractivity contribution >= 4 is 21.6 Å². The number of nitrogens with one attached hydrogen (secondary N) is 2. The van der Waals surface area contributed by atoms with Gasteiger partial charge in [-0.15, -0.1) is 11.3 Å². The highest BCUT2D eigenvalue weighted by Crippen LogP contribution is 2.35. The molecule has 4 rings (SSSR count). The molecule has 0 aliphatic heterocycles. The van der Waals surface area contributed by atoms with Gasteiger partial charge in [0.2, 0.25) is 0 Å². The number of thiophene rings is 1. The lowest BCUT2D eigenvalue weighted by Gasteiger charge is -2.17. The predicted molar refractivity (Wildman–Crippen MR) is 113 cm³/mol. The molecule has 142 valence electrons. The quantitative estimate of drug-likeness (QED) is 0.623. The molecular weight excluding hydrogens is 354 g/mol. The van der Waals surface area contributed by atoms with Gasteiger partial charge in [0.25, 0.3) is 5.56 Å². The van der Waals surface area contributed by atoms with E-state index < -0.39 is 0 Å². The van der Waals surface area contributed by atoms with Crippen molar-refractivity contribution in [1.82, 2.24) is 15.3 Å². The lowest BCUT2D eigenvalue weighted by Crippen LogP contribution is -2.25. The maximum absolute atomic E-state index is 12.7. The first-order valence-electron chi connectivity index (χ1n) is 9.93. The Bertz CT molecular complexity index is 976. The Morgan fingerprint density at radius 1 is 1.33 bits per heavy atom. The van der Waals surface area contributed by atoms with E-state index in [4.69, 9.17) is 4.98 Å². The fourth-order valence-electron chi connectivity index (χ4n) is 3.92. The highest BCUT2D eigenvalue weighted by Gasteiger charge is 2.23. The Hall–Kier alpha value is -1.98. The molecule has 1 aromatic carbocycles. The number of hydrogen-bond donors (Lipinski definition) is 2. The van der Waals surface area contributed by atoms with E-state index in [2.05, 4.69) is 48.4 Å². The minimum atomic E-state index is 0.0278. The second kappa shape index (κ2) is 7.95. The molecule has 0 fully saturated rings. The lowest BCUT2D eigenvalue weighted by molar-refractivity contribution is 0.509. The van der Waals surface area contributed by atoms with Crippen LogP contribution in [0, 0.1) is 5.92 Å². The second-order valence-electron chi connectivity index (χ2n) is 7.75. The molecule has 1 aliphatic carbocycles. The van der Waals surface area contributed by atoms with E-state index in [0.717, 1.165) is 48.3 Å². The van der Waals surface area contributed by atoms with E-state index in [1.54, 1.807) is 11.3 Å². The summed E-state index contributed by atoms with van der Waals surface area (Å²) in [6.07, 6.45) is 5.37. The van der Waals surface area contributed by atoms with Gasteiger partial charge in [-0.05, 0) is 62.6 Å². The molecule has 3 aromatic rings. The second-order valence-corrected chi connectivity index (χ2v) is 8.83. The van der Waals surface area contributed by atoms with Crippen LogP contribution in [0.5, 0.6) is 0 Å². The van der Waals surface area contributed by atoms with Crippen LogP contribution >= 0.6 is 11.3 Å². The minimum absolute atomic E-state index is 0.0278. The zero-order chi connectivity index (χ0) is 18.8. The Morgan fingerprint density at radius 2 is 2.15 bits per heavy atom. The van der Waals surface area contributed by atoms with Crippen LogP contribution in [0.1, 0.15) is 54.6 Å². The first-order valence-corrected chi connectivity index (χ1v) is 10.7. The van der Waals surface area contributed by atoms with Gasteiger partial charge in [0.15, 0.2) is 0 Å². The smallest absolute Gasteiger partial charge is 0.259 e. The van der Waals surface area contributed by atoms with Gasteiger partial charge in [0, 0.05) is 4.88 Å². The van der Waals surface area contributed by atoms with E-state index in [0.29, 0.717) is 5.92 Å². The van der Waals surface area contributed by atoms with Crippen LogP contribution in [0.15, 0.2) is 35.1 Å². The molecule has 4 nitrogen and oxygen atoms in total. The average molecular weight is 382 g/mol. The van der Waals surface area contributed by atoms with Crippen molar-refractivity contribution in [3.8, 4) is 0 Å². The highest BCUT2D eigenvalue weighted by molar-refractivity contribution is 7.18. The zero-order valence-electron chi connectivity index (χ0n) is 16.0. The number of aryl methyl sites for hydroxylation is 2. The Labute approximate surface area is 164 Å². The summed E-state index contributed by atoms with van der Waals surface area (Å²) in [5, 5.41) is 4.34. The fraction of sp³-hybridized carbons (Fsp3) is 0.455. The summed E-state index contributed by atoms with van der Waals surface area (Å²) in [5.74, 6) is 1.45. The third-order valence-electron chi connectivity index (χ3n) is 5.53. The predicted octanol–water partition coefficient (Wildman–Crippen LogP) is 4.39. The van der Waals surface area contributed by atoms with Crippen LogP contribution in [0.4, 0.5) is 0 Å². The van der Waals surface area contributed by atoms with E-state index in [9.17, 15) is 4.79 Å². The van der Waals surface area contributed by atoms with Crippen LogP contribution in [-0.4, -0.2) is 16.5 Å². The molecule has 0 amide bonds. The lowest BCUT2D eigenvalue weighted by atomic mass is 9.89. The molecule has 1 aliphatic rings. The normalized spacial score (nSPS) is 17.8. The van der Waals surface area contributed by atoms with Crippen molar-refractivity contribution in [3.05, 3.63) is 62.5 Å². The van der Waals surface area contributed by atoms with Crippen LogP contribution in [0.3, 0.4) is 0 Å². The average Bonchev–Trinajstić information content (AvgIpc) is 3.03. The van der Waals surface area contributed by atoms with E-state index in [-0.39, 0.29) is 11.6 Å². The van der Waals surface area contributed by atoms with Crippen molar-refractivity contribution < 1.29 is 0 Å². The number of nitrogens with zero attached hydrogens (tertiary/aromatic N) is 1. The van der Waals surface area contributed by atoms with Gasteiger partial charge in [-0.1, -0.05) is 37.3 Å². The van der Waals surface area contributed by atoms with Gasteiger partial charge >= 0.3 is 0 Å². The molecule has 0 radical (unpaired) electrons. The Kier molecular flexibility index (Phi) is 5.41. The zero-order valence-corrected chi connectivity index (χ0v) is 16.9. The molecule has 0 saturated carbocycles. The molecule has 0 unspecified atom stereocenters. The molecule has 0 spiro atoms. The summed E-state index contributed by atoms with van der Waals surface area (Å²) in [4.78, 5) is 22.8. The van der Waals surface area contributed by atoms with Gasteiger partial charge < -0.3 is 10.3 Å². The van der Waals surface area contributed by atoms with E-state index in [1.165, 1.54) is 22.4 Å². The van der Waals surface area contributed by atoms with Crippen LogP contribution in [-0.2, 0) is 19.3 Å². The first kappa shape index (κ1) is 18.4. The van der Waals surface area contributed by atoms with Gasteiger partial charge in [-0.2, -0.15) is 0 Å². The molecule has 27 heavy (non-hydrogen) atoms. The summed E-state index contributed by atoms with van der Waals surface area (Å²) in [6.45, 7) is 5.26. The van der Waals surface area contributed by atoms with Crippen molar-refractivity contribution in [2.75, 3.05) is 6.54 Å². The maximum Gasteiger partial charge on any atom is 0.259 e. The Balaban J connectivity index is 1.44. The SMILES string of the molecule is C[C@@H]1CCc2c(sc3nc([C@H](C)NCCCc4ccccc4)[nH]c(=O)c23)C1. The fourth-order valence-corrected chi connectivity index (χ4v) is 5.31. The number of fused-ring (bicyclic) bond motifs is 3. The molecule has 0 saturated heterocycles. The van der Waals surface area contributed by atoms with Crippen molar-refractivity contribution in [1.29, 1.82) is 0 Å². The summed E-state index contributed by atoms with van der Waals surface area (Å²) in [5.41, 5.74) is 2.63. The molecular formula is C22H27N3OS. The highest BCUT2D eigenvalue weighted by atomic mass is 32.1. The number of benzene rings is 1. The maximum atomic E-state index is 12.7. The molecule has 2 heterocycles. The third-order valence-corrected chi connectivity index (χ3v) is 6.68. The number of aromatic amines is 1. The number of aromatic nitrogens is 2. The molecule has 2 atom stereocenters. The van der Waals surface area contributed by atoms with Crippen LogP contribution in [0.25, 0.3) is 10.2 Å². The summed E-state index contributed by atoms with van der Waals surface area (Å²) in [6, 6.07) is 10.6. The molecule has 2 N–H and O–H groups in total. The molecule has 2 aromatic heterocycles. The van der Waals surface area contributed by atoms with Gasteiger partial charge in [-0.3, -0.25) is 4.79 Å². The summed E-state index contributed by atoms with van der Waals surface area (Å²) < 4.78 is 0. The minimum Gasteiger partial charge on any atom is -0.309 e. The number of H-pyrrole nitrogens is 1. The topological polar surface area (TPSA) is 57.8 Å². The van der Waals surface area contributed by atoms with Gasteiger partial charge in [0.05, 0.1) is 11.4 Å². The van der Waals surface area contributed by atoms with Crippen molar-refractivity contribution in [2.24, 2.45) is 5.92 Å². The van der Waals surface area contributed by atoms with Crippen molar-refractivity contribution in [3.63, 3.8) is 0 Å². The van der Waals surface area contributed by atoms with E-state index >= 15 is 0 Å². The monoisotopic (exact) mass is 381 g/mol. The van der Waals surface area contributed by atoms with Crippen LogP contribution in [0.2, 0.25) is 0 Å². The van der Waals surface area contributed by atoms with Gasteiger partial charge in [-0.25, -0.2) is 4.98 Å². The Morgan fingerprint density at radius 3 is 2.96 bits per heavy atom. The number of rotatable bonds is 6. The van der Waals surface area contributed by atoms with Crippen molar-refractivity contribution in [2.45, 2.75) is 52.0 Å². The van der Waals surface area contributed by atoms with Crippen LogP contribution < -0.4 is 10.9 Å².